The predicted molar refractivity (Wildman–Crippen MR) is 160 cm³/mol. The minimum absolute atomic E-state index is 0.0290. The van der Waals surface area contributed by atoms with Crippen LogP contribution in [-0.2, 0) is 6.18 Å². The van der Waals surface area contributed by atoms with E-state index in [0.29, 0.717) is 51.9 Å². The van der Waals surface area contributed by atoms with Gasteiger partial charge in [-0.3, -0.25) is 4.79 Å². The van der Waals surface area contributed by atoms with Crippen LogP contribution in [0.2, 0.25) is 0 Å². The topological polar surface area (TPSA) is 117 Å². The zero-order valence-electron chi connectivity index (χ0n) is 23.4. The highest BCUT2D eigenvalue weighted by atomic mass is 19.4. The molecule has 0 bridgehead atoms. The molecule has 12 heteroatoms. The zero-order chi connectivity index (χ0) is 31.2. The fourth-order valence-electron chi connectivity index (χ4n) is 5.48. The van der Waals surface area contributed by atoms with E-state index >= 15 is 0 Å². The van der Waals surface area contributed by atoms with E-state index in [1.54, 1.807) is 31.2 Å². The number of nitrogen functional groups attached to an aromatic ring is 1. The fraction of sp³-hybridized carbons (Fsp3) is 0.188. The Morgan fingerprint density at radius 1 is 0.977 bits per heavy atom. The Morgan fingerprint density at radius 3 is 2.45 bits per heavy atom. The van der Waals surface area contributed by atoms with E-state index < -0.39 is 23.6 Å². The number of nitrogens with one attached hydrogen (secondary N) is 1. The van der Waals surface area contributed by atoms with E-state index in [-0.39, 0.29) is 28.5 Å². The maximum absolute atomic E-state index is 13.6. The van der Waals surface area contributed by atoms with E-state index in [1.807, 2.05) is 4.90 Å². The molecule has 4 N–H and O–H groups in total. The van der Waals surface area contributed by atoms with Crippen molar-refractivity contribution in [2.75, 3.05) is 29.0 Å². The van der Waals surface area contributed by atoms with E-state index in [1.165, 1.54) is 24.5 Å². The van der Waals surface area contributed by atoms with Gasteiger partial charge in [-0.15, -0.1) is 0 Å². The molecule has 0 aliphatic carbocycles. The number of amides is 1. The first-order chi connectivity index (χ1) is 21.0. The number of phenolic OH excluding ortho intramolecular Hbond substituents is 1. The standard InChI is InChI=1S/C32H26F4N6O2/c1-17-4-5-18(30(44)40-24-14-21(32(34,35)36)7-8-25(24)42-10-2-3-11-42)12-22(17)23-13-20-16-39-31(37)41-28(20)27(29(23)43)19-6-9-26(33)38-15-19/h4-9,12-16,43H,2-3,10-11H2,1H3,(H,40,44)(H2,37,39,41). The van der Waals surface area contributed by atoms with Crippen LogP contribution < -0.4 is 16.0 Å². The number of anilines is 3. The summed E-state index contributed by atoms with van der Waals surface area (Å²) in [5, 5.41) is 14.8. The number of hydrogen-bond donors (Lipinski definition) is 3. The molecule has 224 valence electrons. The molecule has 0 saturated carbocycles. The second kappa shape index (κ2) is 11.1. The summed E-state index contributed by atoms with van der Waals surface area (Å²) in [6.45, 7) is 3.13. The van der Waals surface area contributed by atoms with E-state index in [9.17, 15) is 27.5 Å². The summed E-state index contributed by atoms with van der Waals surface area (Å²) in [5.74, 6) is -1.56. The molecule has 0 radical (unpaired) electrons. The van der Waals surface area contributed by atoms with Gasteiger partial charge in [-0.2, -0.15) is 17.6 Å². The summed E-state index contributed by atoms with van der Waals surface area (Å²) < 4.78 is 54.4. The highest BCUT2D eigenvalue weighted by molar-refractivity contribution is 6.08. The van der Waals surface area contributed by atoms with Gasteiger partial charge < -0.3 is 21.1 Å². The summed E-state index contributed by atoms with van der Waals surface area (Å²) in [7, 11) is 0. The lowest BCUT2D eigenvalue weighted by molar-refractivity contribution is -0.137. The molecule has 1 saturated heterocycles. The Morgan fingerprint density at radius 2 is 1.75 bits per heavy atom. The number of carbonyl (C=O) groups excluding carboxylic acids is 1. The number of halogens is 4. The van der Waals surface area contributed by atoms with Gasteiger partial charge in [0.1, 0.15) is 5.75 Å². The van der Waals surface area contributed by atoms with Gasteiger partial charge in [0.15, 0.2) is 0 Å². The third kappa shape index (κ3) is 5.46. The first-order valence-corrected chi connectivity index (χ1v) is 13.8. The van der Waals surface area contributed by atoms with Crippen LogP contribution in [0.4, 0.5) is 34.9 Å². The third-order valence-corrected chi connectivity index (χ3v) is 7.69. The molecular weight excluding hydrogens is 576 g/mol. The number of aromatic hydroxyl groups is 1. The van der Waals surface area contributed by atoms with Gasteiger partial charge in [-0.05, 0) is 79.4 Å². The monoisotopic (exact) mass is 602 g/mol. The number of aryl methyl sites for hydroxylation is 1. The normalized spacial score (nSPS) is 13.4. The van der Waals surface area contributed by atoms with Gasteiger partial charge in [0.05, 0.1) is 28.0 Å². The fourth-order valence-corrected chi connectivity index (χ4v) is 5.48. The van der Waals surface area contributed by atoms with Crippen LogP contribution in [-0.4, -0.2) is 39.1 Å². The summed E-state index contributed by atoms with van der Waals surface area (Å²) in [6.07, 6.45) is -0.0346. The van der Waals surface area contributed by atoms with Crippen molar-refractivity contribution in [1.29, 1.82) is 0 Å². The quantitative estimate of drug-likeness (QED) is 0.147. The van der Waals surface area contributed by atoms with Crippen molar-refractivity contribution < 1.29 is 27.5 Å². The SMILES string of the molecule is Cc1ccc(C(=O)Nc2cc(C(F)(F)F)ccc2N2CCCC2)cc1-c1cc2cnc(N)nc2c(-c2ccc(F)nc2)c1O. The first kappa shape index (κ1) is 28.8. The van der Waals surface area contributed by atoms with E-state index in [0.717, 1.165) is 31.0 Å². The molecule has 0 spiro atoms. The van der Waals surface area contributed by atoms with Crippen molar-refractivity contribution in [3.05, 3.63) is 89.6 Å². The minimum Gasteiger partial charge on any atom is -0.507 e. The smallest absolute Gasteiger partial charge is 0.416 e. The van der Waals surface area contributed by atoms with Crippen molar-refractivity contribution in [3.8, 4) is 28.0 Å². The van der Waals surface area contributed by atoms with Crippen LogP contribution in [0.25, 0.3) is 33.2 Å². The molecule has 2 aromatic heterocycles. The molecule has 1 amide bonds. The molecule has 44 heavy (non-hydrogen) atoms. The lowest BCUT2D eigenvalue weighted by Crippen LogP contribution is -2.22. The molecule has 0 unspecified atom stereocenters. The number of phenols is 1. The summed E-state index contributed by atoms with van der Waals surface area (Å²) in [6, 6.07) is 12.4. The van der Waals surface area contributed by atoms with Gasteiger partial charge in [0, 0.05) is 47.6 Å². The number of hydrogen-bond acceptors (Lipinski definition) is 7. The van der Waals surface area contributed by atoms with Crippen molar-refractivity contribution in [2.45, 2.75) is 25.9 Å². The average Bonchev–Trinajstić information content (AvgIpc) is 3.52. The molecule has 1 aliphatic rings. The summed E-state index contributed by atoms with van der Waals surface area (Å²) in [5.41, 5.74) is 8.14. The summed E-state index contributed by atoms with van der Waals surface area (Å²) in [4.78, 5) is 27.5. The van der Waals surface area contributed by atoms with Crippen molar-refractivity contribution in [3.63, 3.8) is 0 Å². The van der Waals surface area contributed by atoms with Gasteiger partial charge in [-0.1, -0.05) is 6.07 Å². The second-order valence-corrected chi connectivity index (χ2v) is 10.6. The number of nitrogens with zero attached hydrogens (tertiary/aromatic N) is 4. The highest BCUT2D eigenvalue weighted by Crippen LogP contribution is 2.44. The number of nitrogens with two attached hydrogens (primary N) is 1. The van der Waals surface area contributed by atoms with Crippen LogP contribution in [0.1, 0.15) is 34.3 Å². The number of fused-ring (bicyclic) bond motifs is 1. The average molecular weight is 603 g/mol. The molecule has 5 aromatic rings. The molecule has 0 atom stereocenters. The molecule has 3 heterocycles. The minimum atomic E-state index is -4.58. The maximum atomic E-state index is 13.6. The van der Waals surface area contributed by atoms with Crippen LogP contribution in [0, 0.1) is 12.9 Å². The maximum Gasteiger partial charge on any atom is 0.416 e. The third-order valence-electron chi connectivity index (χ3n) is 7.69. The van der Waals surface area contributed by atoms with Crippen LogP contribution in [0.5, 0.6) is 5.75 Å². The predicted octanol–water partition coefficient (Wildman–Crippen LogP) is 6.97. The molecule has 1 fully saturated rings. The van der Waals surface area contributed by atoms with Crippen molar-refractivity contribution in [2.24, 2.45) is 0 Å². The lowest BCUT2D eigenvalue weighted by atomic mass is 9.92. The Labute approximate surface area is 249 Å². The number of alkyl halides is 3. The van der Waals surface area contributed by atoms with Crippen molar-refractivity contribution >= 4 is 34.1 Å². The Hall–Kier alpha value is -5.26. The van der Waals surface area contributed by atoms with Gasteiger partial charge in [-0.25, -0.2) is 15.0 Å². The lowest BCUT2D eigenvalue weighted by Gasteiger charge is -2.23. The van der Waals surface area contributed by atoms with Crippen LogP contribution in [0.3, 0.4) is 0 Å². The number of rotatable bonds is 5. The Bertz CT molecular complexity index is 1900. The van der Waals surface area contributed by atoms with Gasteiger partial charge in [0.2, 0.25) is 11.9 Å². The van der Waals surface area contributed by atoms with Crippen molar-refractivity contribution in [1.82, 2.24) is 15.0 Å². The Balaban J connectivity index is 1.44. The molecule has 6 rings (SSSR count). The number of aromatic nitrogens is 3. The molecule has 1 aliphatic heterocycles. The number of carbonyl (C=O) groups is 1. The first-order valence-electron chi connectivity index (χ1n) is 13.8. The summed E-state index contributed by atoms with van der Waals surface area (Å²) >= 11 is 0. The number of benzene rings is 3. The highest BCUT2D eigenvalue weighted by Gasteiger charge is 2.32. The molecular formula is C32H26F4N6O2. The van der Waals surface area contributed by atoms with Crippen LogP contribution >= 0.6 is 0 Å². The molecule has 8 nitrogen and oxygen atoms in total. The second-order valence-electron chi connectivity index (χ2n) is 10.6. The van der Waals surface area contributed by atoms with Gasteiger partial charge in [0.25, 0.3) is 5.91 Å². The molecule has 3 aromatic carbocycles. The largest absolute Gasteiger partial charge is 0.507 e. The van der Waals surface area contributed by atoms with E-state index in [4.69, 9.17) is 5.73 Å². The van der Waals surface area contributed by atoms with E-state index in [2.05, 4.69) is 20.3 Å². The van der Waals surface area contributed by atoms with Gasteiger partial charge >= 0.3 is 6.18 Å². The zero-order valence-corrected chi connectivity index (χ0v) is 23.4. The Kier molecular flexibility index (Phi) is 7.28. The van der Waals surface area contributed by atoms with Crippen LogP contribution in [0.15, 0.2) is 67.0 Å². The number of pyridine rings is 1.